The van der Waals surface area contributed by atoms with E-state index in [-0.39, 0.29) is 18.4 Å². The molecule has 0 unspecified atom stereocenters. The topological polar surface area (TPSA) is 80.8 Å². The van der Waals surface area contributed by atoms with Crippen molar-refractivity contribution in [1.82, 2.24) is 19.9 Å². The zero-order valence-electron chi connectivity index (χ0n) is 12.6. The lowest BCUT2D eigenvalue weighted by Gasteiger charge is -2.13. The average Bonchev–Trinajstić information content (AvgIpc) is 2.46. The van der Waals surface area contributed by atoms with Crippen molar-refractivity contribution in [1.29, 1.82) is 0 Å². The van der Waals surface area contributed by atoms with E-state index in [1.165, 1.54) is 5.56 Å². The normalized spacial score (nSPS) is 10.3. The first kappa shape index (κ1) is 15.9. The molecule has 1 aromatic carbocycles. The number of hydrogen-bond donors (Lipinski definition) is 1. The number of hydrogen-bond acceptors (Lipinski definition) is 6. The SMILES string of the molecule is Cc1ccc(-c2cnc3nc(N)nc(N(C)C)c3n2)cc1.Cl. The van der Waals surface area contributed by atoms with Crippen LogP contribution in [0.3, 0.4) is 0 Å². The van der Waals surface area contributed by atoms with Crippen LogP contribution in [0.1, 0.15) is 5.56 Å². The molecule has 22 heavy (non-hydrogen) atoms. The highest BCUT2D eigenvalue weighted by Gasteiger charge is 2.12. The summed E-state index contributed by atoms with van der Waals surface area (Å²) in [6.45, 7) is 2.05. The molecule has 0 aliphatic heterocycles. The van der Waals surface area contributed by atoms with Gasteiger partial charge in [0.15, 0.2) is 17.0 Å². The lowest BCUT2D eigenvalue weighted by atomic mass is 10.1. The molecule has 0 spiro atoms. The van der Waals surface area contributed by atoms with Gasteiger partial charge in [-0.1, -0.05) is 29.8 Å². The third kappa shape index (κ3) is 2.92. The van der Waals surface area contributed by atoms with E-state index in [4.69, 9.17) is 5.73 Å². The van der Waals surface area contributed by atoms with Crippen LogP contribution in [-0.2, 0) is 0 Å². The molecule has 3 rings (SSSR count). The maximum Gasteiger partial charge on any atom is 0.224 e. The summed E-state index contributed by atoms with van der Waals surface area (Å²) in [5.74, 6) is 0.863. The molecule has 2 N–H and O–H groups in total. The molecule has 2 heterocycles. The summed E-state index contributed by atoms with van der Waals surface area (Å²) >= 11 is 0. The van der Waals surface area contributed by atoms with Gasteiger partial charge in [-0.2, -0.15) is 9.97 Å². The number of nitrogens with zero attached hydrogens (tertiary/aromatic N) is 5. The van der Waals surface area contributed by atoms with Gasteiger partial charge >= 0.3 is 0 Å². The second kappa shape index (κ2) is 6.11. The first-order valence-corrected chi connectivity index (χ1v) is 6.59. The molecule has 0 radical (unpaired) electrons. The summed E-state index contributed by atoms with van der Waals surface area (Å²) < 4.78 is 0. The van der Waals surface area contributed by atoms with Gasteiger partial charge in [0.25, 0.3) is 0 Å². The Labute approximate surface area is 134 Å². The summed E-state index contributed by atoms with van der Waals surface area (Å²) in [4.78, 5) is 19.2. The van der Waals surface area contributed by atoms with Crippen molar-refractivity contribution in [2.24, 2.45) is 0 Å². The molecular formula is C15H17ClN6. The van der Waals surface area contributed by atoms with Gasteiger partial charge in [-0.15, -0.1) is 12.4 Å². The van der Waals surface area contributed by atoms with Gasteiger partial charge in [-0.3, -0.25) is 0 Å². The van der Waals surface area contributed by atoms with Gasteiger partial charge < -0.3 is 10.6 Å². The molecule has 0 bridgehead atoms. The summed E-state index contributed by atoms with van der Waals surface area (Å²) in [5, 5.41) is 0. The highest BCUT2D eigenvalue weighted by molar-refractivity contribution is 5.85. The fourth-order valence-electron chi connectivity index (χ4n) is 2.08. The Balaban J connectivity index is 0.00000176. The number of anilines is 2. The number of aromatic nitrogens is 4. The number of halogens is 1. The van der Waals surface area contributed by atoms with Crippen LogP contribution in [0.4, 0.5) is 11.8 Å². The van der Waals surface area contributed by atoms with Crippen molar-refractivity contribution >= 4 is 35.3 Å². The molecular weight excluding hydrogens is 300 g/mol. The molecule has 2 aromatic heterocycles. The fourth-order valence-corrected chi connectivity index (χ4v) is 2.08. The Kier molecular flexibility index (Phi) is 4.42. The van der Waals surface area contributed by atoms with E-state index in [0.717, 1.165) is 11.3 Å². The van der Waals surface area contributed by atoms with Crippen molar-refractivity contribution < 1.29 is 0 Å². The molecule has 0 saturated heterocycles. The lowest BCUT2D eigenvalue weighted by Crippen LogP contribution is -2.14. The first-order chi connectivity index (χ1) is 10.0. The van der Waals surface area contributed by atoms with Crippen molar-refractivity contribution in [2.45, 2.75) is 6.92 Å². The van der Waals surface area contributed by atoms with Gasteiger partial charge in [0.2, 0.25) is 5.95 Å². The Morgan fingerprint density at radius 3 is 2.32 bits per heavy atom. The largest absolute Gasteiger partial charge is 0.368 e. The van der Waals surface area contributed by atoms with Gasteiger partial charge in [0, 0.05) is 19.7 Å². The minimum absolute atomic E-state index is 0. The molecule has 7 heteroatoms. The quantitative estimate of drug-likeness (QED) is 0.782. The summed E-state index contributed by atoms with van der Waals surface area (Å²) in [7, 11) is 3.78. The predicted octanol–water partition coefficient (Wildman–Crippen LogP) is 2.47. The molecule has 114 valence electrons. The fraction of sp³-hybridized carbons (Fsp3) is 0.200. The van der Waals surface area contributed by atoms with E-state index in [1.54, 1.807) is 6.20 Å². The smallest absolute Gasteiger partial charge is 0.224 e. The maximum atomic E-state index is 5.71. The number of aryl methyl sites for hydroxylation is 1. The second-order valence-corrected chi connectivity index (χ2v) is 5.09. The van der Waals surface area contributed by atoms with E-state index in [2.05, 4.69) is 26.9 Å². The standard InChI is InChI=1S/C15H16N6.ClH/c1-9-4-6-10(7-5-9)11-8-17-13-12(18-11)14(21(2)3)20-15(16)19-13;/h4-8H,1-3H3,(H2,16,17,19,20);1H. The van der Waals surface area contributed by atoms with Gasteiger partial charge in [-0.05, 0) is 6.92 Å². The van der Waals surface area contributed by atoms with E-state index >= 15 is 0 Å². The number of nitrogens with two attached hydrogens (primary N) is 1. The van der Waals surface area contributed by atoms with Crippen molar-refractivity contribution in [3.8, 4) is 11.3 Å². The monoisotopic (exact) mass is 316 g/mol. The highest BCUT2D eigenvalue weighted by Crippen LogP contribution is 2.24. The van der Waals surface area contributed by atoms with Gasteiger partial charge in [0.05, 0.1) is 11.9 Å². The molecule has 3 aromatic rings. The van der Waals surface area contributed by atoms with Crippen molar-refractivity contribution in [3.63, 3.8) is 0 Å². The van der Waals surface area contributed by atoms with Crippen LogP contribution >= 0.6 is 12.4 Å². The summed E-state index contributed by atoms with van der Waals surface area (Å²) in [5.41, 5.74) is 9.87. The maximum absolute atomic E-state index is 5.71. The Morgan fingerprint density at radius 2 is 1.68 bits per heavy atom. The van der Waals surface area contributed by atoms with Crippen LogP contribution in [-0.4, -0.2) is 34.0 Å². The predicted molar refractivity (Wildman–Crippen MR) is 91.3 cm³/mol. The lowest BCUT2D eigenvalue weighted by molar-refractivity contribution is 1.05. The van der Waals surface area contributed by atoms with Crippen LogP contribution in [0.15, 0.2) is 30.5 Å². The highest BCUT2D eigenvalue weighted by atomic mass is 35.5. The third-order valence-electron chi connectivity index (χ3n) is 3.18. The first-order valence-electron chi connectivity index (χ1n) is 6.59. The molecule has 0 aliphatic carbocycles. The van der Waals surface area contributed by atoms with Crippen LogP contribution < -0.4 is 10.6 Å². The molecule has 6 nitrogen and oxygen atoms in total. The van der Waals surface area contributed by atoms with Crippen molar-refractivity contribution in [2.75, 3.05) is 24.7 Å². The van der Waals surface area contributed by atoms with Crippen LogP contribution in [0.2, 0.25) is 0 Å². The van der Waals surface area contributed by atoms with E-state index < -0.39 is 0 Å². The Bertz CT molecular complexity index is 801. The summed E-state index contributed by atoms with van der Waals surface area (Å²) in [6.07, 6.45) is 1.71. The molecule has 0 fully saturated rings. The number of rotatable bonds is 2. The zero-order chi connectivity index (χ0) is 15.0. The van der Waals surface area contributed by atoms with Crippen LogP contribution in [0, 0.1) is 6.92 Å². The van der Waals surface area contributed by atoms with E-state index in [9.17, 15) is 0 Å². The second-order valence-electron chi connectivity index (χ2n) is 5.09. The molecule has 0 saturated carbocycles. The summed E-state index contributed by atoms with van der Waals surface area (Å²) in [6, 6.07) is 8.15. The molecule has 0 aliphatic rings. The van der Waals surface area contributed by atoms with E-state index in [1.807, 2.05) is 43.3 Å². The molecule has 0 amide bonds. The molecule has 0 atom stereocenters. The zero-order valence-corrected chi connectivity index (χ0v) is 13.4. The Hall–Kier alpha value is -2.47. The minimum atomic E-state index is 0. The Morgan fingerprint density at radius 1 is 1.00 bits per heavy atom. The minimum Gasteiger partial charge on any atom is -0.368 e. The third-order valence-corrected chi connectivity index (χ3v) is 3.18. The van der Waals surface area contributed by atoms with Gasteiger partial charge in [0.1, 0.15) is 0 Å². The van der Waals surface area contributed by atoms with Crippen molar-refractivity contribution in [3.05, 3.63) is 36.0 Å². The van der Waals surface area contributed by atoms with Gasteiger partial charge in [-0.25, -0.2) is 9.97 Å². The van der Waals surface area contributed by atoms with Crippen LogP contribution in [0.25, 0.3) is 22.4 Å². The number of benzene rings is 1. The average molecular weight is 317 g/mol. The van der Waals surface area contributed by atoms with E-state index in [0.29, 0.717) is 17.0 Å². The van der Waals surface area contributed by atoms with Crippen LogP contribution in [0.5, 0.6) is 0 Å². The number of nitrogen functional groups attached to an aromatic ring is 1. The number of fused-ring (bicyclic) bond motifs is 1.